The zero-order valence-corrected chi connectivity index (χ0v) is 18.3. The van der Waals surface area contributed by atoms with E-state index in [2.05, 4.69) is 19.2 Å². The average Bonchev–Trinajstić information content (AvgIpc) is 2.80. The molecule has 0 aliphatic carbocycles. The molecule has 3 aromatic carbocycles. The lowest BCUT2D eigenvalue weighted by Crippen LogP contribution is -2.35. The van der Waals surface area contributed by atoms with Crippen LogP contribution in [0.4, 0.5) is 10.5 Å². The molecule has 31 heavy (non-hydrogen) atoms. The molecular weight excluding hydrogens is 388 g/mol. The minimum atomic E-state index is -0.338. The van der Waals surface area contributed by atoms with Crippen LogP contribution in [0, 0.1) is 0 Å². The van der Waals surface area contributed by atoms with Crippen LogP contribution < -0.4 is 10.1 Å². The molecule has 0 unspecified atom stereocenters. The van der Waals surface area contributed by atoms with Gasteiger partial charge in [0.05, 0.1) is 0 Å². The molecule has 0 radical (unpaired) electrons. The van der Waals surface area contributed by atoms with Gasteiger partial charge in [-0.05, 0) is 48.6 Å². The molecular formula is C26H30N2O3. The Morgan fingerprint density at radius 2 is 1.48 bits per heavy atom. The highest BCUT2D eigenvalue weighted by Crippen LogP contribution is 2.24. The standard InChI is InChI=1S/C26H30N2O3/c1-3-5-18-28(19-6-4-2)26(30)31-22-16-14-21(15-17-22)25(29)27-24-13-9-11-20-10-7-8-12-23(20)24/h7-17H,3-6,18-19H2,1-2H3,(H,27,29). The Labute approximate surface area is 184 Å². The topological polar surface area (TPSA) is 58.6 Å². The molecule has 0 saturated heterocycles. The van der Waals surface area contributed by atoms with Crippen molar-refractivity contribution in [2.45, 2.75) is 39.5 Å². The van der Waals surface area contributed by atoms with E-state index in [-0.39, 0.29) is 12.0 Å². The Bertz CT molecular complexity index is 1000. The van der Waals surface area contributed by atoms with E-state index >= 15 is 0 Å². The van der Waals surface area contributed by atoms with Crippen molar-refractivity contribution >= 4 is 28.5 Å². The molecule has 0 saturated carbocycles. The number of anilines is 1. The second-order valence-corrected chi connectivity index (χ2v) is 7.57. The molecule has 162 valence electrons. The first-order chi connectivity index (χ1) is 15.1. The van der Waals surface area contributed by atoms with Gasteiger partial charge >= 0.3 is 6.09 Å². The maximum absolute atomic E-state index is 12.7. The predicted octanol–water partition coefficient (Wildman–Crippen LogP) is 6.49. The molecule has 0 aliphatic rings. The van der Waals surface area contributed by atoms with Crippen LogP contribution in [0.5, 0.6) is 5.75 Å². The summed E-state index contributed by atoms with van der Waals surface area (Å²) in [5.41, 5.74) is 1.27. The van der Waals surface area contributed by atoms with Gasteiger partial charge in [0.1, 0.15) is 5.75 Å². The Morgan fingerprint density at radius 3 is 2.16 bits per heavy atom. The van der Waals surface area contributed by atoms with Gasteiger partial charge in [-0.15, -0.1) is 0 Å². The summed E-state index contributed by atoms with van der Waals surface area (Å²) in [6.07, 6.45) is 3.61. The quantitative estimate of drug-likeness (QED) is 0.432. The summed E-state index contributed by atoms with van der Waals surface area (Å²) < 4.78 is 5.54. The van der Waals surface area contributed by atoms with Crippen molar-refractivity contribution in [1.82, 2.24) is 4.90 Å². The van der Waals surface area contributed by atoms with Crippen LogP contribution >= 0.6 is 0 Å². The molecule has 0 atom stereocenters. The van der Waals surface area contributed by atoms with Crippen LogP contribution in [0.2, 0.25) is 0 Å². The molecule has 0 fully saturated rings. The number of rotatable bonds is 9. The van der Waals surface area contributed by atoms with Crippen molar-refractivity contribution in [3.8, 4) is 5.75 Å². The first-order valence-electron chi connectivity index (χ1n) is 11.0. The molecule has 0 heterocycles. The van der Waals surface area contributed by atoms with Gasteiger partial charge in [0.15, 0.2) is 0 Å². The summed E-state index contributed by atoms with van der Waals surface area (Å²) in [7, 11) is 0. The fourth-order valence-electron chi connectivity index (χ4n) is 3.36. The Morgan fingerprint density at radius 1 is 0.839 bits per heavy atom. The third-order valence-electron chi connectivity index (χ3n) is 5.18. The highest BCUT2D eigenvalue weighted by atomic mass is 16.6. The van der Waals surface area contributed by atoms with Crippen LogP contribution in [0.3, 0.4) is 0 Å². The molecule has 1 N–H and O–H groups in total. The van der Waals surface area contributed by atoms with Gasteiger partial charge in [-0.25, -0.2) is 4.79 Å². The first-order valence-corrected chi connectivity index (χ1v) is 11.0. The number of unbranched alkanes of at least 4 members (excludes halogenated alkanes) is 2. The summed E-state index contributed by atoms with van der Waals surface area (Å²) in [5, 5.41) is 5.03. The smallest absolute Gasteiger partial charge is 0.410 e. The predicted molar refractivity (Wildman–Crippen MR) is 126 cm³/mol. The van der Waals surface area contributed by atoms with Gasteiger partial charge in [-0.1, -0.05) is 63.1 Å². The first kappa shape index (κ1) is 22.3. The Balaban J connectivity index is 1.64. The third kappa shape index (κ3) is 6.07. The number of amides is 2. The van der Waals surface area contributed by atoms with E-state index < -0.39 is 0 Å². The van der Waals surface area contributed by atoms with Gasteiger partial charge in [0, 0.05) is 29.7 Å². The van der Waals surface area contributed by atoms with Crippen molar-refractivity contribution < 1.29 is 14.3 Å². The zero-order valence-electron chi connectivity index (χ0n) is 18.3. The highest BCUT2D eigenvalue weighted by molar-refractivity contribution is 6.09. The average molecular weight is 419 g/mol. The summed E-state index contributed by atoms with van der Waals surface area (Å²) in [6.45, 7) is 5.60. The Kier molecular flexibility index (Phi) is 8.05. The minimum Gasteiger partial charge on any atom is -0.410 e. The van der Waals surface area contributed by atoms with Crippen LogP contribution in [0.25, 0.3) is 10.8 Å². The SMILES string of the molecule is CCCCN(CCCC)C(=O)Oc1ccc(C(=O)Nc2cccc3ccccc23)cc1. The molecule has 3 aromatic rings. The largest absolute Gasteiger partial charge is 0.415 e. The summed E-state index contributed by atoms with van der Waals surface area (Å²) in [6, 6.07) is 20.4. The normalized spacial score (nSPS) is 10.6. The van der Waals surface area contributed by atoms with Gasteiger partial charge in [0.2, 0.25) is 0 Å². The number of hydrogen-bond acceptors (Lipinski definition) is 3. The fraction of sp³-hybridized carbons (Fsp3) is 0.308. The maximum atomic E-state index is 12.7. The molecule has 0 spiro atoms. The lowest BCUT2D eigenvalue weighted by molar-refractivity contribution is 0.102. The summed E-state index contributed by atoms with van der Waals surface area (Å²) in [5.74, 6) is 0.228. The second-order valence-electron chi connectivity index (χ2n) is 7.57. The van der Waals surface area contributed by atoms with E-state index in [9.17, 15) is 9.59 Å². The maximum Gasteiger partial charge on any atom is 0.415 e. The third-order valence-corrected chi connectivity index (χ3v) is 5.18. The molecule has 0 bridgehead atoms. The second kappa shape index (κ2) is 11.2. The van der Waals surface area contributed by atoms with E-state index in [1.54, 1.807) is 29.2 Å². The molecule has 2 amide bonds. The van der Waals surface area contributed by atoms with Crippen molar-refractivity contribution in [2.75, 3.05) is 18.4 Å². The molecule has 5 heteroatoms. The molecule has 5 nitrogen and oxygen atoms in total. The van der Waals surface area contributed by atoms with Crippen LogP contribution in [0.1, 0.15) is 49.9 Å². The summed E-state index contributed by atoms with van der Waals surface area (Å²) >= 11 is 0. The monoisotopic (exact) mass is 418 g/mol. The van der Waals surface area contributed by atoms with Crippen molar-refractivity contribution in [1.29, 1.82) is 0 Å². The van der Waals surface area contributed by atoms with E-state index in [4.69, 9.17) is 4.74 Å². The van der Waals surface area contributed by atoms with Crippen LogP contribution in [-0.4, -0.2) is 30.0 Å². The van der Waals surface area contributed by atoms with Crippen molar-refractivity contribution in [2.24, 2.45) is 0 Å². The highest BCUT2D eigenvalue weighted by Gasteiger charge is 2.15. The van der Waals surface area contributed by atoms with Crippen LogP contribution in [0.15, 0.2) is 66.7 Å². The van der Waals surface area contributed by atoms with E-state index in [1.807, 2.05) is 42.5 Å². The number of fused-ring (bicyclic) bond motifs is 1. The fourth-order valence-corrected chi connectivity index (χ4v) is 3.36. The lowest BCUT2D eigenvalue weighted by Gasteiger charge is -2.21. The number of carbonyl (C=O) groups is 2. The Hall–Kier alpha value is -3.34. The van der Waals surface area contributed by atoms with Crippen molar-refractivity contribution in [3.63, 3.8) is 0 Å². The number of ether oxygens (including phenoxy) is 1. The minimum absolute atomic E-state index is 0.207. The molecule has 3 rings (SSSR count). The number of hydrogen-bond donors (Lipinski definition) is 1. The lowest BCUT2D eigenvalue weighted by atomic mass is 10.1. The van der Waals surface area contributed by atoms with Crippen molar-refractivity contribution in [3.05, 3.63) is 72.3 Å². The van der Waals surface area contributed by atoms with Crippen LogP contribution in [-0.2, 0) is 0 Å². The number of nitrogens with zero attached hydrogens (tertiary/aromatic N) is 1. The van der Waals surface area contributed by atoms with Gasteiger partial charge in [-0.2, -0.15) is 0 Å². The molecule has 0 aromatic heterocycles. The number of benzene rings is 3. The van der Waals surface area contributed by atoms with E-state index in [0.29, 0.717) is 24.4 Å². The van der Waals surface area contributed by atoms with E-state index in [0.717, 1.165) is 42.1 Å². The number of nitrogens with one attached hydrogen (secondary N) is 1. The summed E-state index contributed by atoms with van der Waals surface area (Å²) in [4.78, 5) is 27.0. The van der Waals surface area contributed by atoms with Gasteiger partial charge in [0.25, 0.3) is 5.91 Å². The van der Waals surface area contributed by atoms with Gasteiger partial charge in [-0.3, -0.25) is 4.79 Å². The van der Waals surface area contributed by atoms with Gasteiger partial charge < -0.3 is 15.0 Å². The number of carbonyl (C=O) groups excluding carboxylic acids is 2. The zero-order chi connectivity index (χ0) is 22.1. The molecule has 0 aliphatic heterocycles. The van der Waals surface area contributed by atoms with E-state index in [1.165, 1.54) is 0 Å².